The number of aromatic nitrogens is 2. The smallest absolute Gasteiger partial charge is 0.326 e. The minimum Gasteiger partial charge on any atom is -0.383 e. The zero-order valence-corrected chi connectivity index (χ0v) is 9.00. The summed E-state index contributed by atoms with van der Waals surface area (Å²) in [6.07, 6.45) is 1.06. The molecule has 1 aromatic heterocycles. The van der Waals surface area contributed by atoms with E-state index in [-0.39, 0.29) is 5.69 Å². The van der Waals surface area contributed by atoms with Crippen molar-refractivity contribution in [3.8, 4) is 0 Å². The molecule has 0 aliphatic carbocycles. The molecule has 15 heavy (non-hydrogen) atoms. The van der Waals surface area contributed by atoms with E-state index in [0.717, 1.165) is 29.7 Å². The van der Waals surface area contributed by atoms with Crippen molar-refractivity contribution in [1.29, 1.82) is 0 Å². The van der Waals surface area contributed by atoms with E-state index in [9.17, 15) is 4.79 Å². The lowest BCUT2D eigenvalue weighted by molar-refractivity contribution is 0.890. The highest BCUT2D eigenvalue weighted by atomic mass is 16.1. The molecule has 0 fully saturated rings. The van der Waals surface area contributed by atoms with Crippen LogP contribution in [0.3, 0.4) is 0 Å². The van der Waals surface area contributed by atoms with Gasteiger partial charge in [-0.25, -0.2) is 4.79 Å². The number of nitrogens with one attached hydrogen (secondary N) is 2. The molecule has 0 radical (unpaired) electrons. The lowest BCUT2D eigenvalue weighted by atomic mass is 10.2. The van der Waals surface area contributed by atoms with Gasteiger partial charge in [-0.2, -0.15) is 0 Å². The van der Waals surface area contributed by atoms with Gasteiger partial charge < -0.3 is 10.3 Å². The Bertz CT molecular complexity index is 524. The Morgan fingerprint density at radius 2 is 2.27 bits per heavy atom. The molecular formula is C11H15N3O. The number of aromatic amines is 1. The van der Waals surface area contributed by atoms with Crippen LogP contribution in [-0.4, -0.2) is 16.1 Å². The molecule has 2 aromatic rings. The number of nitrogens with zero attached hydrogens (tertiary/aromatic N) is 1. The predicted molar refractivity (Wildman–Crippen MR) is 62.3 cm³/mol. The summed E-state index contributed by atoms with van der Waals surface area (Å²) in [6, 6.07) is 5.84. The summed E-state index contributed by atoms with van der Waals surface area (Å²) in [6.45, 7) is 3.03. The number of rotatable bonds is 3. The maximum absolute atomic E-state index is 11.4. The average molecular weight is 205 g/mol. The summed E-state index contributed by atoms with van der Waals surface area (Å²) >= 11 is 0. The third-order valence-electron chi connectivity index (χ3n) is 2.48. The minimum atomic E-state index is -0.0734. The Labute approximate surface area is 87.9 Å². The zero-order chi connectivity index (χ0) is 10.8. The Hall–Kier alpha value is -1.71. The Balaban J connectivity index is 2.58. The molecule has 0 bridgehead atoms. The molecule has 1 heterocycles. The molecule has 0 atom stereocenters. The number of para-hydroxylation sites is 1. The van der Waals surface area contributed by atoms with Gasteiger partial charge in [0.25, 0.3) is 0 Å². The summed E-state index contributed by atoms with van der Waals surface area (Å²) in [4.78, 5) is 14.3. The Kier molecular flexibility index (Phi) is 2.49. The third-order valence-corrected chi connectivity index (χ3v) is 2.48. The highest BCUT2D eigenvalue weighted by molar-refractivity contribution is 5.88. The second kappa shape index (κ2) is 3.81. The normalized spacial score (nSPS) is 10.8. The van der Waals surface area contributed by atoms with Gasteiger partial charge >= 0.3 is 5.69 Å². The second-order valence-electron chi connectivity index (χ2n) is 3.62. The number of aryl methyl sites for hydroxylation is 1. The van der Waals surface area contributed by atoms with E-state index in [1.54, 1.807) is 11.6 Å². The zero-order valence-electron chi connectivity index (χ0n) is 9.00. The van der Waals surface area contributed by atoms with Crippen molar-refractivity contribution in [3.05, 3.63) is 28.7 Å². The van der Waals surface area contributed by atoms with Crippen LogP contribution < -0.4 is 11.0 Å². The van der Waals surface area contributed by atoms with Gasteiger partial charge in [0.05, 0.1) is 16.7 Å². The SMILES string of the molecule is CCCNc1cccc2[nH]c(=O)n(C)c12. The highest BCUT2D eigenvalue weighted by Crippen LogP contribution is 2.19. The molecule has 0 spiro atoms. The first-order valence-corrected chi connectivity index (χ1v) is 5.15. The summed E-state index contributed by atoms with van der Waals surface area (Å²) in [5, 5.41) is 3.31. The topological polar surface area (TPSA) is 49.8 Å². The minimum absolute atomic E-state index is 0.0734. The summed E-state index contributed by atoms with van der Waals surface area (Å²) in [7, 11) is 1.78. The highest BCUT2D eigenvalue weighted by Gasteiger charge is 2.06. The average Bonchev–Trinajstić information content (AvgIpc) is 2.53. The molecule has 4 heteroatoms. The first-order valence-electron chi connectivity index (χ1n) is 5.15. The van der Waals surface area contributed by atoms with Crippen LogP contribution in [0.4, 0.5) is 5.69 Å². The lowest BCUT2D eigenvalue weighted by Crippen LogP contribution is -2.12. The summed E-state index contributed by atoms with van der Waals surface area (Å²) in [5.74, 6) is 0. The number of H-pyrrole nitrogens is 1. The van der Waals surface area contributed by atoms with E-state index in [4.69, 9.17) is 0 Å². The van der Waals surface area contributed by atoms with Crippen molar-refractivity contribution in [2.75, 3.05) is 11.9 Å². The molecule has 0 aliphatic heterocycles. The van der Waals surface area contributed by atoms with Crippen LogP contribution in [-0.2, 0) is 7.05 Å². The van der Waals surface area contributed by atoms with Gasteiger partial charge in [0.15, 0.2) is 0 Å². The quantitative estimate of drug-likeness (QED) is 0.801. The van der Waals surface area contributed by atoms with Crippen LogP contribution in [0.2, 0.25) is 0 Å². The van der Waals surface area contributed by atoms with Crippen molar-refractivity contribution in [2.24, 2.45) is 7.05 Å². The molecule has 2 N–H and O–H groups in total. The first-order chi connectivity index (χ1) is 7.24. The van der Waals surface area contributed by atoms with Crippen LogP contribution in [0, 0.1) is 0 Å². The molecule has 1 aromatic carbocycles. The molecule has 2 rings (SSSR count). The van der Waals surface area contributed by atoms with Crippen LogP contribution >= 0.6 is 0 Å². The molecule has 0 saturated carbocycles. The number of anilines is 1. The van der Waals surface area contributed by atoms with Crippen LogP contribution in [0.25, 0.3) is 11.0 Å². The maximum atomic E-state index is 11.4. The van der Waals surface area contributed by atoms with Crippen molar-refractivity contribution >= 4 is 16.7 Å². The van der Waals surface area contributed by atoms with Crippen molar-refractivity contribution in [2.45, 2.75) is 13.3 Å². The third kappa shape index (κ3) is 1.63. The van der Waals surface area contributed by atoms with E-state index < -0.39 is 0 Å². The van der Waals surface area contributed by atoms with Crippen LogP contribution in [0.5, 0.6) is 0 Å². The Morgan fingerprint density at radius 1 is 1.47 bits per heavy atom. The van der Waals surface area contributed by atoms with Gasteiger partial charge in [-0.05, 0) is 18.6 Å². The van der Waals surface area contributed by atoms with E-state index in [1.165, 1.54) is 0 Å². The number of benzene rings is 1. The van der Waals surface area contributed by atoms with E-state index in [0.29, 0.717) is 0 Å². The van der Waals surface area contributed by atoms with Gasteiger partial charge in [0.1, 0.15) is 0 Å². The van der Waals surface area contributed by atoms with Crippen molar-refractivity contribution in [3.63, 3.8) is 0 Å². The van der Waals surface area contributed by atoms with E-state index in [1.807, 2.05) is 18.2 Å². The Morgan fingerprint density at radius 3 is 3.00 bits per heavy atom. The molecule has 80 valence electrons. The second-order valence-corrected chi connectivity index (χ2v) is 3.62. The monoisotopic (exact) mass is 205 g/mol. The van der Waals surface area contributed by atoms with E-state index >= 15 is 0 Å². The van der Waals surface area contributed by atoms with Crippen molar-refractivity contribution < 1.29 is 0 Å². The predicted octanol–water partition coefficient (Wildman–Crippen LogP) is 1.69. The number of imidazole rings is 1. The van der Waals surface area contributed by atoms with Gasteiger partial charge in [-0.15, -0.1) is 0 Å². The molecule has 0 aliphatic rings. The fraction of sp³-hybridized carbons (Fsp3) is 0.364. The first kappa shape index (κ1) is 9.83. The maximum Gasteiger partial charge on any atom is 0.326 e. The fourth-order valence-electron chi connectivity index (χ4n) is 1.71. The van der Waals surface area contributed by atoms with Crippen LogP contribution in [0.1, 0.15) is 13.3 Å². The van der Waals surface area contributed by atoms with Crippen LogP contribution in [0.15, 0.2) is 23.0 Å². The summed E-state index contributed by atoms with van der Waals surface area (Å²) < 4.78 is 1.63. The van der Waals surface area contributed by atoms with Crippen molar-refractivity contribution in [1.82, 2.24) is 9.55 Å². The molecule has 0 saturated heterocycles. The molecular weight excluding hydrogens is 190 g/mol. The number of hydrogen-bond donors (Lipinski definition) is 2. The molecule has 0 amide bonds. The van der Waals surface area contributed by atoms with Gasteiger partial charge in [-0.3, -0.25) is 4.57 Å². The van der Waals surface area contributed by atoms with E-state index in [2.05, 4.69) is 17.2 Å². The number of fused-ring (bicyclic) bond motifs is 1. The lowest BCUT2D eigenvalue weighted by Gasteiger charge is -2.06. The standard InChI is InChI=1S/C11H15N3O/c1-3-7-12-8-5-4-6-9-10(8)14(2)11(15)13-9/h4-6,12H,3,7H2,1-2H3,(H,13,15). The summed E-state index contributed by atoms with van der Waals surface area (Å²) in [5.41, 5.74) is 2.76. The van der Waals surface area contributed by atoms with Gasteiger partial charge in [-0.1, -0.05) is 13.0 Å². The van der Waals surface area contributed by atoms with Gasteiger partial charge in [0.2, 0.25) is 0 Å². The van der Waals surface area contributed by atoms with Gasteiger partial charge in [0, 0.05) is 13.6 Å². The molecule has 0 unspecified atom stereocenters. The largest absolute Gasteiger partial charge is 0.383 e. The molecule has 4 nitrogen and oxygen atoms in total. The number of hydrogen-bond acceptors (Lipinski definition) is 2. The fourth-order valence-corrected chi connectivity index (χ4v) is 1.71.